The monoisotopic (exact) mass is 425 g/mol. The van der Waals surface area contributed by atoms with Crippen LogP contribution in [-0.4, -0.2) is 39.0 Å². The average Bonchev–Trinajstić information content (AvgIpc) is 3.07. The van der Waals surface area contributed by atoms with Gasteiger partial charge >= 0.3 is 0 Å². The molecule has 0 amide bonds. The molecule has 0 aromatic heterocycles. The van der Waals surface area contributed by atoms with Gasteiger partial charge in [0.05, 0.1) is 23.8 Å². The lowest BCUT2D eigenvalue weighted by Crippen LogP contribution is -2.28. The molecule has 0 spiro atoms. The molecule has 0 aliphatic carbocycles. The van der Waals surface area contributed by atoms with Gasteiger partial charge in [0.1, 0.15) is 5.82 Å². The molecule has 0 unspecified atom stereocenters. The van der Waals surface area contributed by atoms with E-state index in [2.05, 4.69) is 9.82 Å². The van der Waals surface area contributed by atoms with Gasteiger partial charge in [0.15, 0.2) is 0 Å². The van der Waals surface area contributed by atoms with Crippen LogP contribution in [-0.2, 0) is 20.0 Å². The van der Waals surface area contributed by atoms with Crippen LogP contribution in [0.5, 0.6) is 0 Å². The lowest BCUT2D eigenvalue weighted by Gasteiger charge is -2.22. The predicted molar refractivity (Wildman–Crippen MR) is 107 cm³/mol. The second kappa shape index (κ2) is 7.51. The van der Waals surface area contributed by atoms with Crippen LogP contribution in [0.4, 0.5) is 10.1 Å². The average molecular weight is 426 g/mol. The number of halogens is 1. The minimum atomic E-state index is -3.65. The molecule has 3 rings (SSSR count). The summed E-state index contributed by atoms with van der Waals surface area (Å²) in [5.41, 5.74) is 2.10. The van der Waals surface area contributed by atoms with Crippen LogP contribution in [0.25, 0.3) is 0 Å². The zero-order chi connectivity index (χ0) is 20.5. The molecule has 1 aliphatic heterocycles. The fourth-order valence-corrected chi connectivity index (χ4v) is 4.59. The number of anilines is 1. The highest BCUT2D eigenvalue weighted by molar-refractivity contribution is 7.92. The van der Waals surface area contributed by atoms with E-state index in [0.29, 0.717) is 22.5 Å². The number of nitrogens with zero attached hydrogens (tertiary/aromatic N) is 2. The molecule has 150 valence electrons. The van der Waals surface area contributed by atoms with Crippen LogP contribution in [0.2, 0.25) is 0 Å². The number of hydrogen-bond donors (Lipinski definition) is 1. The van der Waals surface area contributed by atoms with Crippen LogP contribution in [0.15, 0.2) is 53.6 Å². The van der Waals surface area contributed by atoms with Gasteiger partial charge in [-0.2, -0.15) is 9.52 Å². The summed E-state index contributed by atoms with van der Waals surface area (Å²) in [7, 11) is -7.04. The lowest BCUT2D eigenvalue weighted by atomic mass is 9.99. The molecule has 0 saturated carbocycles. The number of rotatable bonds is 6. The first-order chi connectivity index (χ1) is 13.1. The first kappa shape index (κ1) is 20.3. The van der Waals surface area contributed by atoms with Crippen LogP contribution < -0.4 is 4.72 Å². The van der Waals surface area contributed by atoms with Crippen LogP contribution in [0.3, 0.4) is 0 Å². The van der Waals surface area contributed by atoms with Crippen molar-refractivity contribution in [3.05, 3.63) is 65.5 Å². The number of benzene rings is 2. The molecule has 0 radical (unpaired) electrons. The van der Waals surface area contributed by atoms with Crippen molar-refractivity contribution >= 4 is 31.4 Å². The molecule has 0 fully saturated rings. The SMILES string of the molecule is CCS(=O)(=O)N1N=C(c2ccc(NS(C)(=O)=O)cc2)C[C@H]1c1cccc(F)c1. The minimum Gasteiger partial charge on any atom is -0.284 e. The van der Waals surface area contributed by atoms with Crippen LogP contribution in [0.1, 0.15) is 30.5 Å². The van der Waals surface area contributed by atoms with E-state index in [1.807, 2.05) is 0 Å². The van der Waals surface area contributed by atoms with Gasteiger partial charge in [-0.05, 0) is 42.3 Å². The fraction of sp³-hybridized carbons (Fsp3) is 0.278. The molecule has 28 heavy (non-hydrogen) atoms. The Labute approximate surface area is 164 Å². The highest BCUT2D eigenvalue weighted by Crippen LogP contribution is 2.35. The Morgan fingerprint density at radius 1 is 1.14 bits per heavy atom. The zero-order valence-electron chi connectivity index (χ0n) is 15.3. The Balaban J connectivity index is 1.95. The number of nitrogens with one attached hydrogen (secondary N) is 1. The predicted octanol–water partition coefficient (Wildman–Crippen LogP) is 2.70. The van der Waals surface area contributed by atoms with Crippen molar-refractivity contribution in [2.45, 2.75) is 19.4 Å². The first-order valence-electron chi connectivity index (χ1n) is 8.52. The maximum absolute atomic E-state index is 13.7. The third kappa shape index (κ3) is 4.50. The summed E-state index contributed by atoms with van der Waals surface area (Å²) in [6.07, 6.45) is 1.33. The van der Waals surface area contributed by atoms with Crippen molar-refractivity contribution in [1.82, 2.24) is 4.41 Å². The van der Waals surface area contributed by atoms with Gasteiger partial charge in [-0.1, -0.05) is 24.3 Å². The largest absolute Gasteiger partial charge is 0.284 e. The van der Waals surface area contributed by atoms with Gasteiger partial charge in [-0.25, -0.2) is 21.2 Å². The van der Waals surface area contributed by atoms with Crippen molar-refractivity contribution in [2.75, 3.05) is 16.7 Å². The summed E-state index contributed by atoms with van der Waals surface area (Å²) in [5.74, 6) is -0.580. The lowest BCUT2D eigenvalue weighted by molar-refractivity contribution is 0.371. The molecular formula is C18H20FN3O4S2. The maximum atomic E-state index is 13.7. The van der Waals surface area contributed by atoms with E-state index in [1.165, 1.54) is 25.1 Å². The number of hydrogen-bond acceptors (Lipinski definition) is 5. The van der Waals surface area contributed by atoms with E-state index in [1.54, 1.807) is 30.3 Å². The standard InChI is InChI=1S/C18H20FN3O4S2/c1-3-28(25,26)22-18(14-5-4-6-15(19)11-14)12-17(20-22)13-7-9-16(10-8-13)21-27(2,23)24/h4-11,18,21H,3,12H2,1-2H3/t18-/m0/s1. The normalized spacial score (nSPS) is 17.5. The Bertz CT molecular complexity index is 1110. The topological polar surface area (TPSA) is 95.9 Å². The second-order valence-electron chi connectivity index (χ2n) is 6.45. The number of hydrazone groups is 1. The highest BCUT2D eigenvalue weighted by Gasteiger charge is 2.35. The van der Waals surface area contributed by atoms with E-state index in [4.69, 9.17) is 0 Å². The van der Waals surface area contributed by atoms with Gasteiger partial charge in [-0.15, -0.1) is 0 Å². The quantitative estimate of drug-likeness (QED) is 0.770. The summed E-state index contributed by atoms with van der Waals surface area (Å²) in [6, 6.07) is 11.7. The molecule has 10 heteroatoms. The van der Waals surface area contributed by atoms with Gasteiger partial charge in [0, 0.05) is 12.1 Å². The van der Waals surface area contributed by atoms with Crippen LogP contribution >= 0.6 is 0 Å². The molecular weight excluding hydrogens is 405 g/mol. The minimum absolute atomic E-state index is 0.132. The Hall–Kier alpha value is -2.46. The molecule has 0 saturated heterocycles. The molecule has 2 aromatic rings. The molecule has 7 nitrogen and oxygen atoms in total. The van der Waals surface area contributed by atoms with Gasteiger partial charge in [0.25, 0.3) is 0 Å². The molecule has 1 atom stereocenters. The molecule has 2 aromatic carbocycles. The van der Waals surface area contributed by atoms with E-state index in [9.17, 15) is 21.2 Å². The second-order valence-corrected chi connectivity index (χ2v) is 10.3. The van der Waals surface area contributed by atoms with Gasteiger partial charge < -0.3 is 0 Å². The van der Waals surface area contributed by atoms with E-state index in [0.717, 1.165) is 10.7 Å². The molecule has 0 bridgehead atoms. The van der Waals surface area contributed by atoms with E-state index in [-0.39, 0.29) is 12.2 Å². The molecule has 1 heterocycles. The summed E-state index contributed by atoms with van der Waals surface area (Å²) >= 11 is 0. The van der Waals surface area contributed by atoms with Crippen molar-refractivity contribution in [2.24, 2.45) is 5.10 Å². The smallest absolute Gasteiger partial charge is 0.250 e. The zero-order valence-corrected chi connectivity index (χ0v) is 17.0. The van der Waals surface area contributed by atoms with E-state index < -0.39 is 31.9 Å². The van der Waals surface area contributed by atoms with E-state index >= 15 is 0 Å². The summed E-state index contributed by atoms with van der Waals surface area (Å²) in [6.45, 7) is 1.52. The molecule has 1 N–H and O–H groups in total. The van der Waals surface area contributed by atoms with Crippen molar-refractivity contribution in [3.8, 4) is 0 Å². The third-order valence-corrected chi connectivity index (χ3v) is 6.52. The highest BCUT2D eigenvalue weighted by atomic mass is 32.2. The number of sulfonamides is 2. The Kier molecular flexibility index (Phi) is 5.44. The summed E-state index contributed by atoms with van der Waals surface area (Å²) < 4.78 is 64.7. The van der Waals surface area contributed by atoms with Crippen molar-refractivity contribution < 1.29 is 21.2 Å². The first-order valence-corrected chi connectivity index (χ1v) is 12.0. The Morgan fingerprint density at radius 3 is 2.39 bits per heavy atom. The van der Waals surface area contributed by atoms with Gasteiger partial charge in [-0.3, -0.25) is 4.72 Å². The van der Waals surface area contributed by atoms with Gasteiger partial charge in [0.2, 0.25) is 20.0 Å². The van der Waals surface area contributed by atoms with Crippen molar-refractivity contribution in [1.29, 1.82) is 0 Å². The summed E-state index contributed by atoms with van der Waals surface area (Å²) in [5, 5.41) is 4.29. The summed E-state index contributed by atoms with van der Waals surface area (Å²) in [4.78, 5) is 0. The van der Waals surface area contributed by atoms with Crippen molar-refractivity contribution in [3.63, 3.8) is 0 Å². The Morgan fingerprint density at radius 2 is 1.82 bits per heavy atom. The maximum Gasteiger partial charge on any atom is 0.250 e. The van der Waals surface area contributed by atoms with Crippen LogP contribution in [0, 0.1) is 5.82 Å². The third-order valence-electron chi connectivity index (χ3n) is 4.28. The fourth-order valence-electron chi connectivity index (χ4n) is 2.96. The molecule has 1 aliphatic rings.